The Labute approximate surface area is 118 Å². The van der Waals surface area contributed by atoms with E-state index in [0.717, 1.165) is 12.8 Å². The first-order chi connectivity index (χ1) is 8.78. The number of hydrogen-bond donors (Lipinski definition) is 2. The first-order valence-corrected chi connectivity index (χ1v) is 7.51. The van der Waals surface area contributed by atoms with Crippen molar-refractivity contribution in [3.8, 4) is 0 Å². The summed E-state index contributed by atoms with van der Waals surface area (Å²) < 4.78 is 5.25. The van der Waals surface area contributed by atoms with Crippen LogP contribution >= 0.6 is 0 Å². The second-order valence-corrected chi connectivity index (χ2v) is 6.20. The summed E-state index contributed by atoms with van der Waals surface area (Å²) in [5.74, 6) is 0. The molecular formula is C15H32N2O2. The highest BCUT2D eigenvalue weighted by Crippen LogP contribution is 2.07. The lowest BCUT2D eigenvalue weighted by atomic mass is 10.1. The van der Waals surface area contributed by atoms with Gasteiger partial charge in [0.2, 0.25) is 0 Å². The summed E-state index contributed by atoms with van der Waals surface area (Å²) in [5.41, 5.74) is -0.437. The number of ether oxygens (including phenoxy) is 1. The summed E-state index contributed by atoms with van der Waals surface area (Å²) in [6, 6.07) is 0.796. The van der Waals surface area contributed by atoms with E-state index in [4.69, 9.17) is 4.74 Å². The van der Waals surface area contributed by atoms with Gasteiger partial charge in [0.1, 0.15) is 5.60 Å². The predicted molar refractivity (Wildman–Crippen MR) is 80.4 cm³/mol. The largest absolute Gasteiger partial charge is 0.444 e. The quantitative estimate of drug-likeness (QED) is 0.711. The molecule has 2 unspecified atom stereocenters. The second kappa shape index (κ2) is 9.18. The normalized spacial score (nSPS) is 14.8. The number of carbonyl (C=O) groups is 1. The van der Waals surface area contributed by atoms with Crippen molar-refractivity contribution in [2.45, 2.75) is 84.9 Å². The highest BCUT2D eigenvalue weighted by molar-refractivity contribution is 5.67. The van der Waals surface area contributed by atoms with Crippen molar-refractivity contribution in [3.05, 3.63) is 0 Å². The SMILES string of the molecule is CCCCC(CNC(=O)OC(C)(C)C)NC(C)CC. The molecule has 4 nitrogen and oxygen atoms in total. The van der Waals surface area contributed by atoms with Gasteiger partial charge in [-0.3, -0.25) is 0 Å². The van der Waals surface area contributed by atoms with Gasteiger partial charge in [0.05, 0.1) is 0 Å². The van der Waals surface area contributed by atoms with Crippen molar-refractivity contribution >= 4 is 6.09 Å². The van der Waals surface area contributed by atoms with Gasteiger partial charge in [-0.1, -0.05) is 26.7 Å². The van der Waals surface area contributed by atoms with E-state index in [1.807, 2.05) is 20.8 Å². The zero-order chi connectivity index (χ0) is 14.9. The van der Waals surface area contributed by atoms with Crippen molar-refractivity contribution in [1.82, 2.24) is 10.6 Å². The van der Waals surface area contributed by atoms with Crippen LogP contribution in [0.2, 0.25) is 0 Å². The zero-order valence-electron chi connectivity index (χ0n) is 13.5. The van der Waals surface area contributed by atoms with Crippen LogP contribution in [-0.4, -0.2) is 30.3 Å². The second-order valence-electron chi connectivity index (χ2n) is 6.20. The Balaban J connectivity index is 4.13. The number of hydrogen-bond acceptors (Lipinski definition) is 3. The average molecular weight is 272 g/mol. The fourth-order valence-corrected chi connectivity index (χ4v) is 1.74. The Morgan fingerprint density at radius 1 is 1.26 bits per heavy atom. The van der Waals surface area contributed by atoms with Crippen LogP contribution in [0.5, 0.6) is 0 Å². The Morgan fingerprint density at radius 3 is 2.37 bits per heavy atom. The van der Waals surface area contributed by atoms with Gasteiger partial charge in [-0.2, -0.15) is 0 Å². The number of unbranched alkanes of at least 4 members (excludes halogenated alkanes) is 1. The molecule has 0 aliphatic rings. The standard InChI is InChI=1S/C15H32N2O2/c1-7-9-10-13(17-12(3)8-2)11-16-14(18)19-15(4,5)6/h12-13,17H,7-11H2,1-6H3,(H,16,18). The van der Waals surface area contributed by atoms with Gasteiger partial charge in [0.15, 0.2) is 0 Å². The molecule has 0 radical (unpaired) electrons. The first-order valence-electron chi connectivity index (χ1n) is 7.51. The maximum Gasteiger partial charge on any atom is 0.407 e. The van der Waals surface area contributed by atoms with Gasteiger partial charge in [-0.05, 0) is 40.5 Å². The molecular weight excluding hydrogens is 240 g/mol. The third-order valence-corrected chi connectivity index (χ3v) is 2.93. The van der Waals surface area contributed by atoms with Crippen molar-refractivity contribution in [3.63, 3.8) is 0 Å². The first kappa shape index (κ1) is 18.2. The highest BCUT2D eigenvalue weighted by atomic mass is 16.6. The summed E-state index contributed by atoms with van der Waals surface area (Å²) in [6.45, 7) is 12.8. The summed E-state index contributed by atoms with van der Waals surface area (Å²) in [5, 5.41) is 6.40. The molecule has 4 heteroatoms. The van der Waals surface area contributed by atoms with Gasteiger partial charge in [-0.15, -0.1) is 0 Å². The molecule has 0 rings (SSSR count). The van der Waals surface area contributed by atoms with E-state index in [1.54, 1.807) is 0 Å². The minimum atomic E-state index is -0.437. The minimum Gasteiger partial charge on any atom is -0.444 e. The molecule has 0 aliphatic carbocycles. The van der Waals surface area contributed by atoms with Crippen LogP contribution in [0, 0.1) is 0 Å². The summed E-state index contributed by atoms with van der Waals surface area (Å²) >= 11 is 0. The van der Waals surface area contributed by atoms with Crippen LogP contribution in [0.4, 0.5) is 4.79 Å². The molecule has 0 heterocycles. The molecule has 0 aromatic carbocycles. The number of nitrogens with one attached hydrogen (secondary N) is 2. The summed E-state index contributed by atoms with van der Waals surface area (Å²) in [7, 11) is 0. The van der Waals surface area contributed by atoms with Gasteiger partial charge in [0, 0.05) is 18.6 Å². The molecule has 0 spiro atoms. The average Bonchev–Trinajstić information content (AvgIpc) is 2.30. The molecule has 0 fully saturated rings. The van der Waals surface area contributed by atoms with Crippen molar-refractivity contribution in [1.29, 1.82) is 0 Å². The van der Waals surface area contributed by atoms with E-state index >= 15 is 0 Å². The van der Waals surface area contributed by atoms with Crippen LogP contribution in [0.3, 0.4) is 0 Å². The van der Waals surface area contributed by atoms with Gasteiger partial charge < -0.3 is 15.4 Å². The zero-order valence-corrected chi connectivity index (χ0v) is 13.5. The molecule has 0 saturated carbocycles. The molecule has 0 aromatic rings. The third-order valence-electron chi connectivity index (χ3n) is 2.93. The molecule has 0 aromatic heterocycles. The van der Waals surface area contributed by atoms with Crippen LogP contribution < -0.4 is 10.6 Å². The number of alkyl carbamates (subject to hydrolysis) is 1. The Morgan fingerprint density at radius 2 is 1.89 bits per heavy atom. The molecule has 19 heavy (non-hydrogen) atoms. The fourth-order valence-electron chi connectivity index (χ4n) is 1.74. The van der Waals surface area contributed by atoms with Crippen LogP contribution in [0.1, 0.15) is 67.2 Å². The molecule has 2 atom stereocenters. The maximum atomic E-state index is 11.6. The van der Waals surface area contributed by atoms with E-state index in [9.17, 15) is 4.79 Å². The molecule has 114 valence electrons. The van der Waals surface area contributed by atoms with E-state index in [-0.39, 0.29) is 6.09 Å². The molecule has 1 amide bonds. The Bertz CT molecular complexity index is 249. The lowest BCUT2D eigenvalue weighted by molar-refractivity contribution is 0.0521. The van der Waals surface area contributed by atoms with Crippen LogP contribution in [0.25, 0.3) is 0 Å². The molecule has 0 bridgehead atoms. The molecule has 0 saturated heterocycles. The monoisotopic (exact) mass is 272 g/mol. The van der Waals surface area contributed by atoms with Crippen molar-refractivity contribution < 1.29 is 9.53 Å². The van der Waals surface area contributed by atoms with Gasteiger partial charge in [-0.25, -0.2) is 4.79 Å². The van der Waals surface area contributed by atoms with Gasteiger partial charge in [0.25, 0.3) is 0 Å². The maximum absolute atomic E-state index is 11.6. The van der Waals surface area contributed by atoms with E-state index in [1.165, 1.54) is 12.8 Å². The third kappa shape index (κ3) is 10.8. The number of amides is 1. The van der Waals surface area contributed by atoms with E-state index in [0.29, 0.717) is 18.6 Å². The van der Waals surface area contributed by atoms with E-state index < -0.39 is 5.60 Å². The minimum absolute atomic E-state index is 0.322. The van der Waals surface area contributed by atoms with Crippen LogP contribution in [0.15, 0.2) is 0 Å². The highest BCUT2D eigenvalue weighted by Gasteiger charge is 2.17. The smallest absolute Gasteiger partial charge is 0.407 e. The number of carbonyl (C=O) groups excluding carboxylic acids is 1. The Hall–Kier alpha value is -0.770. The fraction of sp³-hybridized carbons (Fsp3) is 0.933. The summed E-state index contributed by atoms with van der Waals surface area (Å²) in [6.07, 6.45) is 4.18. The molecule has 2 N–H and O–H groups in total. The van der Waals surface area contributed by atoms with E-state index in [2.05, 4.69) is 31.4 Å². The lowest BCUT2D eigenvalue weighted by Crippen LogP contribution is -2.45. The number of rotatable bonds is 8. The lowest BCUT2D eigenvalue weighted by Gasteiger charge is -2.24. The topological polar surface area (TPSA) is 50.4 Å². The van der Waals surface area contributed by atoms with Crippen molar-refractivity contribution in [2.24, 2.45) is 0 Å². The van der Waals surface area contributed by atoms with Crippen molar-refractivity contribution in [2.75, 3.05) is 6.54 Å². The van der Waals surface area contributed by atoms with Crippen LogP contribution in [-0.2, 0) is 4.74 Å². The predicted octanol–water partition coefficient (Wildman–Crippen LogP) is 3.46. The Kier molecular flexibility index (Phi) is 8.81. The van der Waals surface area contributed by atoms with Gasteiger partial charge >= 0.3 is 6.09 Å². The molecule has 0 aliphatic heterocycles. The summed E-state index contributed by atoms with van der Waals surface area (Å²) in [4.78, 5) is 11.6.